The molecule has 1 aliphatic carbocycles. The van der Waals surface area contributed by atoms with Gasteiger partial charge in [0.1, 0.15) is 0 Å². The van der Waals surface area contributed by atoms with Gasteiger partial charge in [0.15, 0.2) is 5.78 Å². The zero-order valence-corrected chi connectivity index (χ0v) is 15.1. The number of nitrogens with zero attached hydrogens (tertiary/aromatic N) is 2. The highest BCUT2D eigenvalue weighted by atomic mass is 16.3. The first kappa shape index (κ1) is 16.8. The van der Waals surface area contributed by atoms with E-state index in [1.165, 1.54) is 35.8 Å². The van der Waals surface area contributed by atoms with E-state index in [9.17, 15) is 9.90 Å². The zero-order chi connectivity index (χ0) is 17.4. The van der Waals surface area contributed by atoms with Crippen molar-refractivity contribution in [2.75, 3.05) is 19.6 Å². The number of aryl methyl sites for hydroxylation is 2. The number of aliphatic hydroxyl groups is 1. The average Bonchev–Trinajstić information content (AvgIpc) is 2.90. The molecule has 25 heavy (non-hydrogen) atoms. The van der Waals surface area contributed by atoms with Crippen molar-refractivity contribution in [3.63, 3.8) is 0 Å². The van der Waals surface area contributed by atoms with Gasteiger partial charge in [0.05, 0.1) is 18.3 Å². The standard InChI is InChI=1S/C21H28N2O2/c1-15-8-9-19-18(12-15)17-6-5-7-20(25)21(17)23(19)14-16(24)13-22-10-3-2-4-11-22/h8-9,12,16,24H,2-7,10-11,13-14H2,1H3/t16-/m1/s1. The van der Waals surface area contributed by atoms with Crippen LogP contribution in [0.25, 0.3) is 10.9 Å². The van der Waals surface area contributed by atoms with Crippen molar-refractivity contribution >= 4 is 16.7 Å². The lowest BCUT2D eigenvalue weighted by atomic mass is 9.94. The number of carbonyl (C=O) groups is 1. The maximum absolute atomic E-state index is 12.6. The van der Waals surface area contributed by atoms with Crippen LogP contribution in [-0.4, -0.2) is 46.1 Å². The number of likely N-dealkylation sites (tertiary alicyclic amines) is 1. The lowest BCUT2D eigenvalue weighted by Gasteiger charge is -2.29. The number of hydrogen-bond acceptors (Lipinski definition) is 3. The van der Waals surface area contributed by atoms with Crippen molar-refractivity contribution in [1.29, 1.82) is 0 Å². The molecule has 1 N–H and O–H groups in total. The number of β-amino-alcohol motifs (C(OH)–C–C–N with tert-alkyl or cyclic N) is 1. The Morgan fingerprint density at radius 1 is 1.08 bits per heavy atom. The Labute approximate surface area is 149 Å². The van der Waals surface area contributed by atoms with Crippen molar-refractivity contribution in [2.24, 2.45) is 0 Å². The fraction of sp³-hybridized carbons (Fsp3) is 0.571. The first-order chi connectivity index (χ1) is 12.1. The summed E-state index contributed by atoms with van der Waals surface area (Å²) in [5.41, 5.74) is 4.37. The monoisotopic (exact) mass is 340 g/mol. The topological polar surface area (TPSA) is 45.5 Å². The van der Waals surface area contributed by atoms with Gasteiger partial charge in [-0.15, -0.1) is 0 Å². The van der Waals surface area contributed by atoms with Gasteiger partial charge in [0.25, 0.3) is 0 Å². The quantitative estimate of drug-likeness (QED) is 0.929. The van der Waals surface area contributed by atoms with Crippen molar-refractivity contribution in [3.8, 4) is 0 Å². The highest BCUT2D eigenvalue weighted by molar-refractivity contribution is 6.04. The van der Waals surface area contributed by atoms with E-state index in [0.29, 0.717) is 19.5 Å². The van der Waals surface area contributed by atoms with Crippen molar-refractivity contribution < 1.29 is 9.90 Å². The largest absolute Gasteiger partial charge is 0.390 e. The maximum Gasteiger partial charge on any atom is 0.179 e. The van der Waals surface area contributed by atoms with Crippen LogP contribution in [0.2, 0.25) is 0 Å². The Kier molecular flexibility index (Phi) is 4.65. The third kappa shape index (κ3) is 3.25. The van der Waals surface area contributed by atoms with Gasteiger partial charge in [-0.3, -0.25) is 4.79 Å². The summed E-state index contributed by atoms with van der Waals surface area (Å²) in [5.74, 6) is 0.236. The molecule has 4 nitrogen and oxygen atoms in total. The first-order valence-electron chi connectivity index (χ1n) is 9.69. The molecule has 1 atom stereocenters. The summed E-state index contributed by atoms with van der Waals surface area (Å²) in [6.45, 7) is 5.48. The van der Waals surface area contributed by atoms with Crippen molar-refractivity contribution in [2.45, 2.75) is 58.1 Å². The summed E-state index contributed by atoms with van der Waals surface area (Å²) in [7, 11) is 0. The number of rotatable bonds is 4. The Bertz CT molecular complexity index is 787. The van der Waals surface area contributed by atoms with Crippen LogP contribution in [0, 0.1) is 6.92 Å². The van der Waals surface area contributed by atoms with E-state index in [1.807, 2.05) is 0 Å². The number of benzene rings is 1. The molecule has 2 aromatic rings. The Balaban J connectivity index is 1.66. The highest BCUT2D eigenvalue weighted by Gasteiger charge is 2.27. The molecular weight excluding hydrogens is 312 g/mol. The first-order valence-corrected chi connectivity index (χ1v) is 9.69. The van der Waals surface area contributed by atoms with Gasteiger partial charge in [0, 0.05) is 23.9 Å². The minimum absolute atomic E-state index is 0.236. The highest BCUT2D eigenvalue weighted by Crippen LogP contribution is 2.33. The van der Waals surface area contributed by atoms with Gasteiger partial charge in [0.2, 0.25) is 0 Å². The molecule has 2 heterocycles. The van der Waals surface area contributed by atoms with Gasteiger partial charge in [-0.25, -0.2) is 0 Å². The number of aliphatic hydroxyl groups excluding tert-OH is 1. The number of hydrogen-bond donors (Lipinski definition) is 1. The van der Waals surface area contributed by atoms with Gasteiger partial charge < -0.3 is 14.6 Å². The molecule has 1 aromatic heterocycles. The van der Waals surface area contributed by atoms with Crippen LogP contribution in [0.3, 0.4) is 0 Å². The van der Waals surface area contributed by atoms with Gasteiger partial charge >= 0.3 is 0 Å². The second kappa shape index (κ2) is 6.93. The Morgan fingerprint density at radius 3 is 2.68 bits per heavy atom. The van der Waals surface area contributed by atoms with Crippen molar-refractivity contribution in [1.82, 2.24) is 9.47 Å². The third-order valence-electron chi connectivity index (χ3n) is 5.73. The summed E-state index contributed by atoms with van der Waals surface area (Å²) in [4.78, 5) is 15.0. The fourth-order valence-electron chi connectivity index (χ4n) is 4.55. The summed E-state index contributed by atoms with van der Waals surface area (Å²) < 4.78 is 2.10. The molecule has 0 radical (unpaired) electrons. The average molecular weight is 340 g/mol. The normalized spacial score (nSPS) is 20.0. The number of Topliss-reactive ketones (excluding diaryl/α,β-unsaturated/α-hetero) is 1. The lowest BCUT2D eigenvalue weighted by molar-refractivity contribution is 0.0860. The second-order valence-corrected chi connectivity index (χ2v) is 7.75. The number of carbonyl (C=O) groups excluding carboxylic acids is 1. The maximum atomic E-state index is 12.6. The fourth-order valence-corrected chi connectivity index (χ4v) is 4.55. The predicted octanol–water partition coefficient (Wildman–Crippen LogP) is 3.32. The summed E-state index contributed by atoms with van der Waals surface area (Å²) >= 11 is 0. The lowest BCUT2D eigenvalue weighted by Crippen LogP contribution is -2.38. The number of fused-ring (bicyclic) bond motifs is 3. The van der Waals surface area contributed by atoms with E-state index in [0.717, 1.165) is 37.1 Å². The second-order valence-electron chi connectivity index (χ2n) is 7.75. The Morgan fingerprint density at radius 2 is 1.88 bits per heavy atom. The molecule has 1 aromatic carbocycles. The van der Waals surface area contributed by atoms with E-state index in [-0.39, 0.29) is 5.78 Å². The summed E-state index contributed by atoms with van der Waals surface area (Å²) in [6.07, 6.45) is 5.86. The minimum Gasteiger partial charge on any atom is -0.390 e. The summed E-state index contributed by atoms with van der Waals surface area (Å²) in [6, 6.07) is 6.41. The van der Waals surface area contributed by atoms with Crippen LogP contribution >= 0.6 is 0 Å². The van der Waals surface area contributed by atoms with Crippen LogP contribution in [-0.2, 0) is 13.0 Å². The van der Waals surface area contributed by atoms with E-state index in [4.69, 9.17) is 0 Å². The molecule has 1 saturated heterocycles. The van der Waals surface area contributed by atoms with Crippen LogP contribution < -0.4 is 0 Å². The SMILES string of the molecule is Cc1ccc2c(c1)c1c(n2C[C@H](O)CN2CCCCC2)C(=O)CCC1. The molecule has 2 aliphatic rings. The van der Waals surface area contributed by atoms with E-state index in [1.54, 1.807) is 0 Å². The molecule has 0 bridgehead atoms. The molecule has 0 saturated carbocycles. The van der Waals surface area contributed by atoms with Crippen LogP contribution in [0.4, 0.5) is 0 Å². The molecule has 0 unspecified atom stereocenters. The molecule has 134 valence electrons. The molecule has 4 rings (SSSR count). The molecule has 4 heteroatoms. The van der Waals surface area contributed by atoms with E-state index >= 15 is 0 Å². The van der Waals surface area contributed by atoms with Gasteiger partial charge in [-0.05, 0) is 63.4 Å². The van der Waals surface area contributed by atoms with Gasteiger partial charge in [-0.1, -0.05) is 18.1 Å². The van der Waals surface area contributed by atoms with E-state index in [2.05, 4.69) is 34.6 Å². The number of ketones is 1. The van der Waals surface area contributed by atoms with Crippen LogP contribution in [0.1, 0.15) is 53.7 Å². The molecule has 0 amide bonds. The minimum atomic E-state index is -0.436. The smallest absolute Gasteiger partial charge is 0.179 e. The molecule has 1 aliphatic heterocycles. The van der Waals surface area contributed by atoms with Crippen LogP contribution in [0.5, 0.6) is 0 Å². The predicted molar refractivity (Wildman–Crippen MR) is 100 cm³/mol. The molecule has 0 spiro atoms. The number of piperidine rings is 1. The van der Waals surface area contributed by atoms with Crippen molar-refractivity contribution in [3.05, 3.63) is 35.0 Å². The molecule has 1 fully saturated rings. The third-order valence-corrected chi connectivity index (χ3v) is 5.73. The van der Waals surface area contributed by atoms with Crippen LogP contribution in [0.15, 0.2) is 18.2 Å². The summed E-state index contributed by atoms with van der Waals surface area (Å²) in [5, 5.41) is 11.9. The zero-order valence-electron chi connectivity index (χ0n) is 15.1. The molecular formula is C21H28N2O2. The van der Waals surface area contributed by atoms with Gasteiger partial charge in [-0.2, -0.15) is 0 Å². The number of aromatic nitrogens is 1. The van der Waals surface area contributed by atoms with E-state index < -0.39 is 6.10 Å². The Hall–Kier alpha value is -1.65.